The number of rotatable bonds is 3. The average Bonchev–Trinajstić information content (AvgIpc) is 3.19. The van der Waals surface area contributed by atoms with E-state index in [9.17, 15) is 13.9 Å². The van der Waals surface area contributed by atoms with Gasteiger partial charge >= 0.3 is 0 Å². The number of imidazole rings is 1. The fraction of sp³-hybridized carbons (Fsp3) is 0.300. The van der Waals surface area contributed by atoms with Crippen LogP contribution in [0.1, 0.15) is 29.5 Å². The first-order valence-electron chi connectivity index (χ1n) is 8.80. The summed E-state index contributed by atoms with van der Waals surface area (Å²) in [5, 5.41) is 11.3. The molecule has 27 heavy (non-hydrogen) atoms. The molecule has 138 valence electrons. The van der Waals surface area contributed by atoms with E-state index in [4.69, 9.17) is 4.98 Å². The third-order valence-electron chi connectivity index (χ3n) is 5.14. The summed E-state index contributed by atoms with van der Waals surface area (Å²) in [7, 11) is 0. The lowest BCUT2D eigenvalue weighted by molar-refractivity contribution is -0.141. The van der Waals surface area contributed by atoms with Crippen LogP contribution >= 0.6 is 11.3 Å². The number of hydrogen-bond donors (Lipinski definition) is 1. The number of alkyl halides is 2. The van der Waals surface area contributed by atoms with Gasteiger partial charge in [-0.05, 0) is 37.3 Å². The number of hydrogen-bond acceptors (Lipinski definition) is 4. The zero-order valence-corrected chi connectivity index (χ0v) is 15.4. The van der Waals surface area contributed by atoms with Gasteiger partial charge < -0.3 is 9.51 Å². The van der Waals surface area contributed by atoms with Crippen LogP contribution in [0.15, 0.2) is 42.7 Å². The van der Waals surface area contributed by atoms with Crippen molar-refractivity contribution in [3.05, 3.63) is 53.3 Å². The predicted molar refractivity (Wildman–Crippen MR) is 101 cm³/mol. The van der Waals surface area contributed by atoms with Crippen LogP contribution in [0.3, 0.4) is 0 Å². The van der Waals surface area contributed by atoms with Gasteiger partial charge in [0.15, 0.2) is 0 Å². The number of thiophene rings is 1. The topological polar surface area (TPSA) is 50.4 Å². The summed E-state index contributed by atoms with van der Waals surface area (Å²) < 4.78 is 28.2. The Bertz CT molecular complexity index is 1160. The van der Waals surface area contributed by atoms with E-state index >= 15 is 0 Å². The number of aliphatic hydroxyl groups excluding tert-OH is 1. The molecule has 1 saturated carbocycles. The monoisotopic (exact) mass is 385 g/mol. The Morgan fingerprint density at radius 3 is 2.81 bits per heavy atom. The predicted octanol–water partition coefficient (Wildman–Crippen LogP) is 5.00. The van der Waals surface area contributed by atoms with Gasteiger partial charge in [-0.3, -0.25) is 0 Å². The van der Waals surface area contributed by atoms with Crippen molar-refractivity contribution in [1.29, 1.82) is 0 Å². The fourth-order valence-electron chi connectivity index (χ4n) is 3.67. The van der Waals surface area contributed by atoms with Gasteiger partial charge in [0.25, 0.3) is 0 Å². The van der Waals surface area contributed by atoms with E-state index in [0.717, 1.165) is 32.8 Å². The molecule has 5 rings (SSSR count). The number of halogens is 2. The van der Waals surface area contributed by atoms with Crippen molar-refractivity contribution < 1.29 is 13.9 Å². The van der Waals surface area contributed by atoms with Crippen molar-refractivity contribution >= 4 is 27.2 Å². The number of pyridine rings is 2. The molecule has 1 aliphatic carbocycles. The molecule has 4 heterocycles. The fourth-order valence-corrected chi connectivity index (χ4v) is 4.79. The lowest BCUT2D eigenvalue weighted by Crippen LogP contribution is -2.38. The van der Waals surface area contributed by atoms with Crippen LogP contribution < -0.4 is 0 Å². The SMILES string of the molecule is Cc1cn2ccc(-c3ccc4cc([C@H](O)C5CC(F)(F)C5)sc4n3)cc2n1. The molecule has 1 N–H and O–H groups in total. The van der Waals surface area contributed by atoms with Gasteiger partial charge in [0, 0.05) is 47.0 Å². The van der Waals surface area contributed by atoms with Crippen LogP contribution in [0.5, 0.6) is 0 Å². The van der Waals surface area contributed by atoms with E-state index in [-0.39, 0.29) is 18.8 Å². The second-order valence-corrected chi connectivity index (χ2v) is 8.33. The first-order chi connectivity index (χ1) is 12.9. The second kappa shape index (κ2) is 5.81. The van der Waals surface area contributed by atoms with Crippen LogP contribution in [0, 0.1) is 12.8 Å². The zero-order chi connectivity index (χ0) is 18.8. The van der Waals surface area contributed by atoms with Gasteiger partial charge in [-0.2, -0.15) is 0 Å². The summed E-state index contributed by atoms with van der Waals surface area (Å²) in [6, 6.07) is 9.73. The highest BCUT2D eigenvalue weighted by molar-refractivity contribution is 7.18. The van der Waals surface area contributed by atoms with Gasteiger partial charge in [-0.1, -0.05) is 0 Å². The Morgan fingerprint density at radius 2 is 2.04 bits per heavy atom. The van der Waals surface area contributed by atoms with Crippen LogP contribution in [-0.4, -0.2) is 25.4 Å². The Morgan fingerprint density at radius 1 is 1.22 bits per heavy atom. The smallest absolute Gasteiger partial charge is 0.248 e. The first-order valence-corrected chi connectivity index (χ1v) is 9.62. The summed E-state index contributed by atoms with van der Waals surface area (Å²) in [5.74, 6) is -3.00. The summed E-state index contributed by atoms with van der Waals surface area (Å²) in [6.07, 6.45) is 2.58. The largest absolute Gasteiger partial charge is 0.387 e. The zero-order valence-electron chi connectivity index (χ0n) is 14.6. The molecule has 0 amide bonds. The maximum absolute atomic E-state index is 13.1. The molecule has 1 fully saturated rings. The Labute approximate surface area is 158 Å². The maximum Gasteiger partial charge on any atom is 0.248 e. The van der Waals surface area contributed by atoms with E-state index in [2.05, 4.69) is 4.98 Å². The van der Waals surface area contributed by atoms with Gasteiger partial charge in [-0.15, -0.1) is 11.3 Å². The second-order valence-electron chi connectivity index (χ2n) is 7.27. The molecule has 0 saturated heterocycles. The molecule has 0 aliphatic heterocycles. The van der Waals surface area contributed by atoms with Gasteiger partial charge in [0.05, 0.1) is 17.5 Å². The van der Waals surface area contributed by atoms with Gasteiger partial charge in [-0.25, -0.2) is 18.7 Å². The molecule has 0 radical (unpaired) electrons. The highest BCUT2D eigenvalue weighted by atomic mass is 32.1. The lowest BCUT2D eigenvalue weighted by Gasteiger charge is -2.37. The highest BCUT2D eigenvalue weighted by Crippen LogP contribution is 2.49. The molecule has 4 nitrogen and oxygen atoms in total. The standard InChI is InChI=1S/C20H17F2N3OS/c1-11-10-25-5-4-12(7-17(25)23-11)15-3-2-13-6-16(27-19(13)24-15)18(26)14-8-20(21,22)9-14/h2-7,10,14,18,26H,8-9H2,1H3/t18-/m1/s1. The molecule has 0 aromatic carbocycles. The minimum absolute atomic E-state index is 0.245. The molecule has 4 aromatic heterocycles. The van der Waals surface area contributed by atoms with Crippen LogP contribution in [-0.2, 0) is 0 Å². The lowest BCUT2D eigenvalue weighted by atomic mass is 9.77. The Hall–Kier alpha value is -2.38. The van der Waals surface area contributed by atoms with Gasteiger partial charge in [0.2, 0.25) is 5.92 Å². The maximum atomic E-state index is 13.1. The van der Waals surface area contributed by atoms with E-state index in [1.54, 1.807) is 0 Å². The Balaban J connectivity index is 1.47. The molecule has 1 atom stereocenters. The van der Waals surface area contributed by atoms with Crippen molar-refractivity contribution in [3.8, 4) is 11.3 Å². The number of aromatic nitrogens is 3. The minimum Gasteiger partial charge on any atom is -0.387 e. The van der Waals surface area contributed by atoms with Crippen molar-refractivity contribution in [2.24, 2.45) is 5.92 Å². The molecule has 0 unspecified atom stereocenters. The quantitative estimate of drug-likeness (QED) is 0.540. The number of aryl methyl sites for hydroxylation is 1. The number of aliphatic hydroxyl groups is 1. The minimum atomic E-state index is -2.63. The van der Waals surface area contributed by atoms with E-state index in [0.29, 0.717) is 4.88 Å². The molecule has 7 heteroatoms. The van der Waals surface area contributed by atoms with Crippen LogP contribution in [0.25, 0.3) is 27.1 Å². The van der Waals surface area contributed by atoms with Crippen molar-refractivity contribution in [3.63, 3.8) is 0 Å². The molecule has 1 aliphatic rings. The van der Waals surface area contributed by atoms with Crippen LogP contribution in [0.4, 0.5) is 8.78 Å². The molecule has 0 spiro atoms. The summed E-state index contributed by atoms with van der Waals surface area (Å²) in [4.78, 5) is 10.7. The third kappa shape index (κ3) is 2.91. The molecular formula is C20H17F2N3OS. The first kappa shape index (κ1) is 16.8. The summed E-state index contributed by atoms with van der Waals surface area (Å²) in [5.41, 5.74) is 3.60. The van der Waals surface area contributed by atoms with Crippen molar-refractivity contribution in [2.75, 3.05) is 0 Å². The highest BCUT2D eigenvalue weighted by Gasteiger charge is 2.48. The van der Waals surface area contributed by atoms with Crippen molar-refractivity contribution in [1.82, 2.24) is 14.4 Å². The number of fused-ring (bicyclic) bond motifs is 2. The third-order valence-corrected chi connectivity index (χ3v) is 6.25. The van der Waals surface area contributed by atoms with Crippen LogP contribution in [0.2, 0.25) is 0 Å². The number of nitrogens with zero attached hydrogens (tertiary/aromatic N) is 3. The Kier molecular flexibility index (Phi) is 3.61. The molecule has 4 aromatic rings. The normalized spacial score (nSPS) is 18.1. The van der Waals surface area contributed by atoms with E-state index < -0.39 is 12.0 Å². The summed E-state index contributed by atoms with van der Waals surface area (Å²) >= 11 is 1.37. The average molecular weight is 385 g/mol. The van der Waals surface area contributed by atoms with Gasteiger partial charge in [0.1, 0.15) is 10.5 Å². The molecule has 0 bridgehead atoms. The summed E-state index contributed by atoms with van der Waals surface area (Å²) in [6.45, 7) is 1.95. The van der Waals surface area contributed by atoms with Crippen molar-refractivity contribution in [2.45, 2.75) is 31.8 Å². The molecular weight excluding hydrogens is 368 g/mol. The van der Waals surface area contributed by atoms with E-state index in [1.807, 2.05) is 54.0 Å². The van der Waals surface area contributed by atoms with E-state index in [1.165, 1.54) is 11.3 Å².